The Morgan fingerprint density at radius 3 is 2.56 bits per heavy atom. The van der Waals surface area contributed by atoms with Crippen molar-refractivity contribution in [3.05, 3.63) is 64.9 Å². The Kier molecular flexibility index (Phi) is 5.40. The van der Waals surface area contributed by atoms with Gasteiger partial charge in [0.05, 0.1) is 18.4 Å². The zero-order valence-corrected chi connectivity index (χ0v) is 15.4. The van der Waals surface area contributed by atoms with Gasteiger partial charge in [0, 0.05) is 11.3 Å². The largest absolute Gasteiger partial charge is 0.461 e. The standard InChI is InChI=1S/C20H20N2O5/c1-4-25-20(24)18-12(2)17(13(3)22-18)19(23)26-11-16-21-10-15(27-16)14-8-6-5-7-9-14/h5-10,22H,4,11H2,1-3H3. The second kappa shape index (κ2) is 7.90. The molecule has 0 saturated heterocycles. The van der Waals surface area contributed by atoms with Crippen molar-refractivity contribution >= 4 is 11.9 Å². The summed E-state index contributed by atoms with van der Waals surface area (Å²) in [5.41, 5.74) is 2.49. The Morgan fingerprint density at radius 1 is 1.11 bits per heavy atom. The molecule has 2 heterocycles. The third-order valence-electron chi connectivity index (χ3n) is 4.06. The summed E-state index contributed by atoms with van der Waals surface area (Å²) in [6, 6.07) is 9.51. The molecule has 0 aliphatic heterocycles. The number of aromatic amines is 1. The van der Waals surface area contributed by atoms with Crippen molar-refractivity contribution in [2.75, 3.05) is 6.61 Å². The van der Waals surface area contributed by atoms with Crippen molar-refractivity contribution in [1.82, 2.24) is 9.97 Å². The summed E-state index contributed by atoms with van der Waals surface area (Å²) >= 11 is 0. The molecule has 0 spiro atoms. The third-order valence-corrected chi connectivity index (χ3v) is 4.06. The zero-order chi connectivity index (χ0) is 19.4. The van der Waals surface area contributed by atoms with Gasteiger partial charge in [-0.15, -0.1) is 0 Å². The van der Waals surface area contributed by atoms with Crippen molar-refractivity contribution in [2.45, 2.75) is 27.4 Å². The highest BCUT2D eigenvalue weighted by Gasteiger charge is 2.24. The Labute approximate surface area is 156 Å². The van der Waals surface area contributed by atoms with Crippen LogP contribution >= 0.6 is 0 Å². The number of hydrogen-bond donors (Lipinski definition) is 1. The average molecular weight is 368 g/mol. The van der Waals surface area contributed by atoms with E-state index in [1.165, 1.54) is 0 Å². The Morgan fingerprint density at radius 2 is 1.85 bits per heavy atom. The van der Waals surface area contributed by atoms with Crippen LogP contribution < -0.4 is 0 Å². The second-order valence-corrected chi connectivity index (χ2v) is 5.91. The molecule has 0 bridgehead atoms. The number of ether oxygens (including phenoxy) is 2. The molecule has 7 heteroatoms. The highest BCUT2D eigenvalue weighted by Crippen LogP contribution is 2.22. The summed E-state index contributed by atoms with van der Waals surface area (Å²) in [4.78, 5) is 31.4. The van der Waals surface area contributed by atoms with E-state index in [-0.39, 0.29) is 18.9 Å². The predicted octanol–water partition coefficient (Wildman–Crippen LogP) is 3.82. The van der Waals surface area contributed by atoms with Crippen LogP contribution in [0.15, 0.2) is 40.9 Å². The van der Waals surface area contributed by atoms with E-state index in [4.69, 9.17) is 13.9 Å². The molecule has 140 valence electrons. The molecule has 3 aromatic rings. The maximum Gasteiger partial charge on any atom is 0.355 e. The van der Waals surface area contributed by atoms with E-state index in [0.717, 1.165) is 5.56 Å². The maximum atomic E-state index is 12.5. The van der Waals surface area contributed by atoms with Crippen LogP contribution in [0.4, 0.5) is 0 Å². The number of esters is 2. The van der Waals surface area contributed by atoms with E-state index in [2.05, 4.69) is 9.97 Å². The van der Waals surface area contributed by atoms with Crippen LogP contribution in [-0.2, 0) is 16.1 Å². The fourth-order valence-corrected chi connectivity index (χ4v) is 2.78. The van der Waals surface area contributed by atoms with Gasteiger partial charge in [-0.1, -0.05) is 30.3 Å². The highest BCUT2D eigenvalue weighted by molar-refractivity contribution is 5.98. The topological polar surface area (TPSA) is 94.4 Å². The Bertz CT molecular complexity index is 956. The Hall–Kier alpha value is -3.35. The summed E-state index contributed by atoms with van der Waals surface area (Å²) in [5.74, 6) is -0.174. The van der Waals surface area contributed by atoms with Crippen LogP contribution in [0.5, 0.6) is 0 Å². The van der Waals surface area contributed by atoms with Gasteiger partial charge in [0.2, 0.25) is 5.89 Å². The van der Waals surface area contributed by atoms with Crippen molar-refractivity contribution in [2.24, 2.45) is 0 Å². The first-order chi connectivity index (χ1) is 13.0. The lowest BCUT2D eigenvalue weighted by molar-refractivity contribution is 0.0437. The van der Waals surface area contributed by atoms with Crippen molar-refractivity contribution < 1.29 is 23.5 Å². The number of rotatable bonds is 6. The lowest BCUT2D eigenvalue weighted by Gasteiger charge is -2.04. The van der Waals surface area contributed by atoms with E-state index >= 15 is 0 Å². The van der Waals surface area contributed by atoms with Gasteiger partial charge in [-0.2, -0.15) is 0 Å². The fourth-order valence-electron chi connectivity index (χ4n) is 2.78. The summed E-state index contributed by atoms with van der Waals surface area (Å²) in [6.07, 6.45) is 1.59. The molecule has 2 aromatic heterocycles. The highest BCUT2D eigenvalue weighted by atomic mass is 16.5. The van der Waals surface area contributed by atoms with Gasteiger partial charge < -0.3 is 18.9 Å². The first-order valence-electron chi connectivity index (χ1n) is 8.54. The van der Waals surface area contributed by atoms with E-state index in [1.54, 1.807) is 27.0 Å². The van der Waals surface area contributed by atoms with Gasteiger partial charge in [-0.25, -0.2) is 14.6 Å². The van der Waals surface area contributed by atoms with Gasteiger partial charge >= 0.3 is 11.9 Å². The molecule has 0 atom stereocenters. The van der Waals surface area contributed by atoms with Crippen molar-refractivity contribution in [1.29, 1.82) is 0 Å². The molecule has 0 aliphatic carbocycles. The van der Waals surface area contributed by atoms with Crippen molar-refractivity contribution in [3.63, 3.8) is 0 Å². The van der Waals surface area contributed by atoms with Crippen LogP contribution in [0.1, 0.15) is 44.9 Å². The fraction of sp³-hybridized carbons (Fsp3) is 0.250. The molecular formula is C20H20N2O5. The number of oxazole rings is 1. The minimum Gasteiger partial charge on any atom is -0.461 e. The quantitative estimate of drug-likeness (QED) is 0.665. The third kappa shape index (κ3) is 3.92. The van der Waals surface area contributed by atoms with E-state index in [0.29, 0.717) is 28.5 Å². The number of hydrogen-bond acceptors (Lipinski definition) is 6. The number of H-pyrrole nitrogens is 1. The summed E-state index contributed by atoms with van der Waals surface area (Å²) in [7, 11) is 0. The van der Waals surface area contributed by atoms with Gasteiger partial charge in [-0.05, 0) is 26.3 Å². The van der Waals surface area contributed by atoms with Crippen LogP contribution in [0.3, 0.4) is 0 Å². The van der Waals surface area contributed by atoms with Gasteiger partial charge in [0.25, 0.3) is 0 Å². The number of benzene rings is 1. The summed E-state index contributed by atoms with van der Waals surface area (Å²) < 4.78 is 15.9. The molecule has 7 nitrogen and oxygen atoms in total. The minimum atomic E-state index is -0.559. The smallest absolute Gasteiger partial charge is 0.355 e. The number of nitrogens with one attached hydrogen (secondary N) is 1. The lowest BCUT2D eigenvalue weighted by atomic mass is 10.1. The molecule has 1 N–H and O–H groups in total. The van der Waals surface area contributed by atoms with Crippen LogP contribution in [0, 0.1) is 13.8 Å². The molecule has 1 aromatic carbocycles. The lowest BCUT2D eigenvalue weighted by Crippen LogP contribution is -2.09. The average Bonchev–Trinajstić information content (AvgIpc) is 3.25. The maximum absolute atomic E-state index is 12.5. The Balaban J connectivity index is 1.70. The second-order valence-electron chi connectivity index (χ2n) is 5.91. The molecule has 0 saturated carbocycles. The number of carbonyl (C=O) groups excluding carboxylic acids is 2. The molecule has 0 amide bonds. The summed E-state index contributed by atoms with van der Waals surface area (Å²) in [5, 5.41) is 0. The van der Waals surface area contributed by atoms with E-state index < -0.39 is 11.9 Å². The van der Waals surface area contributed by atoms with E-state index in [9.17, 15) is 9.59 Å². The molecule has 0 radical (unpaired) electrons. The van der Waals surface area contributed by atoms with Crippen LogP contribution in [0.25, 0.3) is 11.3 Å². The number of aryl methyl sites for hydroxylation is 1. The molecule has 3 rings (SSSR count). The normalized spacial score (nSPS) is 10.6. The van der Waals surface area contributed by atoms with Gasteiger partial charge in [-0.3, -0.25) is 0 Å². The molecule has 0 unspecified atom stereocenters. The number of aromatic nitrogens is 2. The van der Waals surface area contributed by atoms with Crippen LogP contribution in [0.2, 0.25) is 0 Å². The number of nitrogens with zero attached hydrogens (tertiary/aromatic N) is 1. The molecule has 0 aliphatic rings. The monoisotopic (exact) mass is 368 g/mol. The van der Waals surface area contributed by atoms with E-state index in [1.807, 2.05) is 30.3 Å². The molecule has 27 heavy (non-hydrogen) atoms. The van der Waals surface area contributed by atoms with Crippen molar-refractivity contribution in [3.8, 4) is 11.3 Å². The predicted molar refractivity (Wildman–Crippen MR) is 97.3 cm³/mol. The summed E-state index contributed by atoms with van der Waals surface area (Å²) in [6.45, 7) is 5.24. The first kappa shape index (κ1) is 18.4. The number of carbonyl (C=O) groups is 2. The first-order valence-corrected chi connectivity index (χ1v) is 8.54. The SMILES string of the molecule is CCOC(=O)c1[nH]c(C)c(C(=O)OCc2ncc(-c3ccccc3)o2)c1C. The minimum absolute atomic E-state index is 0.107. The zero-order valence-electron chi connectivity index (χ0n) is 15.4. The van der Waals surface area contributed by atoms with Crippen LogP contribution in [-0.4, -0.2) is 28.5 Å². The molecule has 0 fully saturated rings. The molecular weight excluding hydrogens is 348 g/mol. The van der Waals surface area contributed by atoms with Gasteiger partial charge in [0.1, 0.15) is 5.69 Å². The van der Waals surface area contributed by atoms with Gasteiger partial charge in [0.15, 0.2) is 12.4 Å².